The third-order valence-corrected chi connectivity index (χ3v) is 5.98. The van der Waals surface area contributed by atoms with Crippen LogP contribution in [0, 0.1) is 0 Å². The molecule has 0 radical (unpaired) electrons. The Balaban J connectivity index is 1.51. The predicted octanol–water partition coefficient (Wildman–Crippen LogP) is 4.53. The number of carbonyl (C=O) groups excluding carboxylic acids is 1. The summed E-state index contributed by atoms with van der Waals surface area (Å²) >= 11 is 9.01. The van der Waals surface area contributed by atoms with Crippen LogP contribution in [0.25, 0.3) is 0 Å². The van der Waals surface area contributed by atoms with E-state index in [4.69, 9.17) is 16.3 Å². The van der Waals surface area contributed by atoms with E-state index in [-0.39, 0.29) is 5.91 Å². The minimum atomic E-state index is -0.0471. The average Bonchev–Trinajstić information content (AvgIpc) is 3.25. The van der Waals surface area contributed by atoms with Gasteiger partial charge in [0, 0.05) is 16.7 Å². The standard InChI is InChI=1S/C18H18ClN3O2S2/c1-24-14-4-2-13(3-5-14)10-22-17(8-9-20-22)21-18(23)12-25-11-15-6-7-16(19)26-15/h2-9H,10-12H2,1H3,(H,21,23). The van der Waals surface area contributed by atoms with Crippen LogP contribution in [-0.4, -0.2) is 28.6 Å². The van der Waals surface area contributed by atoms with Gasteiger partial charge < -0.3 is 10.1 Å². The first-order chi connectivity index (χ1) is 12.6. The molecule has 0 spiro atoms. The molecule has 1 amide bonds. The van der Waals surface area contributed by atoms with Gasteiger partial charge in [-0.2, -0.15) is 5.10 Å². The second-order valence-corrected chi connectivity index (χ2v) is 8.25. The molecular formula is C18H18ClN3O2S2. The number of thiophene rings is 1. The highest BCUT2D eigenvalue weighted by Gasteiger charge is 2.09. The number of hydrogen-bond donors (Lipinski definition) is 1. The molecule has 2 aromatic heterocycles. The molecule has 136 valence electrons. The van der Waals surface area contributed by atoms with Crippen molar-refractivity contribution in [2.45, 2.75) is 12.3 Å². The molecule has 0 saturated carbocycles. The van der Waals surface area contributed by atoms with Crippen molar-refractivity contribution < 1.29 is 9.53 Å². The van der Waals surface area contributed by atoms with Gasteiger partial charge in [-0.05, 0) is 29.8 Å². The zero-order valence-electron chi connectivity index (χ0n) is 14.1. The minimum absolute atomic E-state index is 0.0471. The number of aromatic nitrogens is 2. The van der Waals surface area contributed by atoms with Crippen LogP contribution < -0.4 is 10.1 Å². The number of benzene rings is 1. The molecule has 0 aliphatic heterocycles. The summed E-state index contributed by atoms with van der Waals surface area (Å²) in [5.41, 5.74) is 1.08. The van der Waals surface area contributed by atoms with E-state index in [1.54, 1.807) is 47.2 Å². The number of halogens is 1. The van der Waals surface area contributed by atoms with Crippen LogP contribution >= 0.6 is 34.7 Å². The molecule has 0 fully saturated rings. The number of methoxy groups -OCH3 is 1. The Labute approximate surface area is 165 Å². The predicted molar refractivity (Wildman–Crippen MR) is 108 cm³/mol. The number of thioether (sulfide) groups is 1. The number of anilines is 1. The Morgan fingerprint density at radius 1 is 1.27 bits per heavy atom. The molecule has 0 aliphatic carbocycles. The average molecular weight is 408 g/mol. The van der Waals surface area contributed by atoms with Gasteiger partial charge in [-0.25, -0.2) is 4.68 Å². The molecule has 3 aromatic rings. The van der Waals surface area contributed by atoms with Gasteiger partial charge >= 0.3 is 0 Å². The van der Waals surface area contributed by atoms with Gasteiger partial charge in [0.1, 0.15) is 11.6 Å². The molecule has 0 saturated heterocycles. The minimum Gasteiger partial charge on any atom is -0.497 e. The molecule has 1 N–H and O–H groups in total. The molecule has 5 nitrogen and oxygen atoms in total. The lowest BCUT2D eigenvalue weighted by Gasteiger charge is -2.09. The van der Waals surface area contributed by atoms with Crippen molar-refractivity contribution in [2.75, 3.05) is 18.2 Å². The SMILES string of the molecule is COc1ccc(Cn2nccc2NC(=O)CSCc2ccc(Cl)s2)cc1. The Bertz CT molecular complexity index is 861. The fourth-order valence-corrected chi connectivity index (χ4v) is 4.35. The van der Waals surface area contributed by atoms with E-state index in [0.29, 0.717) is 18.1 Å². The summed E-state index contributed by atoms with van der Waals surface area (Å²) in [6.07, 6.45) is 1.68. The van der Waals surface area contributed by atoms with E-state index in [1.165, 1.54) is 0 Å². The van der Waals surface area contributed by atoms with E-state index in [0.717, 1.165) is 26.3 Å². The normalized spacial score (nSPS) is 10.7. The fraction of sp³-hybridized carbons (Fsp3) is 0.222. The van der Waals surface area contributed by atoms with Gasteiger partial charge in [-0.1, -0.05) is 23.7 Å². The third kappa shape index (κ3) is 5.27. The van der Waals surface area contributed by atoms with Gasteiger partial charge in [-0.15, -0.1) is 23.1 Å². The lowest BCUT2D eigenvalue weighted by atomic mass is 10.2. The molecule has 1 aromatic carbocycles. The number of ether oxygens (including phenoxy) is 1. The van der Waals surface area contributed by atoms with E-state index >= 15 is 0 Å². The van der Waals surface area contributed by atoms with Crippen molar-refractivity contribution in [2.24, 2.45) is 0 Å². The molecule has 8 heteroatoms. The Morgan fingerprint density at radius 2 is 2.08 bits per heavy atom. The number of nitrogens with one attached hydrogen (secondary N) is 1. The second-order valence-electron chi connectivity index (χ2n) is 5.47. The smallest absolute Gasteiger partial charge is 0.235 e. The summed E-state index contributed by atoms with van der Waals surface area (Å²) in [6.45, 7) is 0.577. The maximum absolute atomic E-state index is 12.2. The first-order valence-electron chi connectivity index (χ1n) is 7.90. The molecule has 26 heavy (non-hydrogen) atoms. The zero-order chi connectivity index (χ0) is 18.4. The van der Waals surface area contributed by atoms with E-state index in [1.807, 2.05) is 36.4 Å². The van der Waals surface area contributed by atoms with Crippen LogP contribution in [-0.2, 0) is 17.1 Å². The number of rotatable bonds is 8. The van der Waals surface area contributed by atoms with Crippen molar-refractivity contribution in [3.8, 4) is 5.75 Å². The van der Waals surface area contributed by atoms with Crippen molar-refractivity contribution in [3.63, 3.8) is 0 Å². The highest BCUT2D eigenvalue weighted by atomic mass is 35.5. The van der Waals surface area contributed by atoms with Crippen LogP contribution in [0.2, 0.25) is 4.34 Å². The largest absolute Gasteiger partial charge is 0.497 e. The molecule has 0 aliphatic rings. The monoisotopic (exact) mass is 407 g/mol. The van der Waals surface area contributed by atoms with Crippen LogP contribution in [0.15, 0.2) is 48.7 Å². The summed E-state index contributed by atoms with van der Waals surface area (Å²) in [6, 6.07) is 13.4. The summed E-state index contributed by atoms with van der Waals surface area (Å²) < 4.78 is 7.70. The molecule has 2 heterocycles. The lowest BCUT2D eigenvalue weighted by Crippen LogP contribution is -2.17. The van der Waals surface area contributed by atoms with Crippen LogP contribution in [0.4, 0.5) is 5.82 Å². The summed E-state index contributed by atoms with van der Waals surface area (Å²) in [7, 11) is 1.64. The summed E-state index contributed by atoms with van der Waals surface area (Å²) in [5.74, 6) is 2.60. The first kappa shape index (κ1) is 18.8. The van der Waals surface area contributed by atoms with E-state index in [2.05, 4.69) is 10.4 Å². The van der Waals surface area contributed by atoms with Crippen molar-refractivity contribution >= 4 is 46.4 Å². The molecule has 0 bridgehead atoms. The fourth-order valence-electron chi connectivity index (χ4n) is 2.32. The summed E-state index contributed by atoms with van der Waals surface area (Å²) in [5, 5.41) is 7.21. The molecule has 0 atom stereocenters. The zero-order valence-corrected chi connectivity index (χ0v) is 16.5. The molecule has 0 unspecified atom stereocenters. The van der Waals surface area contributed by atoms with Gasteiger partial charge in [-0.3, -0.25) is 4.79 Å². The third-order valence-electron chi connectivity index (χ3n) is 3.58. The molecule has 3 rings (SSSR count). The van der Waals surface area contributed by atoms with Crippen LogP contribution in [0.3, 0.4) is 0 Å². The number of amides is 1. The van der Waals surface area contributed by atoms with Crippen molar-refractivity contribution in [1.82, 2.24) is 9.78 Å². The lowest BCUT2D eigenvalue weighted by molar-refractivity contribution is -0.113. The van der Waals surface area contributed by atoms with Gasteiger partial charge in [0.15, 0.2) is 0 Å². The Morgan fingerprint density at radius 3 is 2.77 bits per heavy atom. The highest BCUT2D eigenvalue weighted by molar-refractivity contribution is 7.99. The van der Waals surface area contributed by atoms with Gasteiger partial charge in [0.25, 0.3) is 0 Å². The number of nitrogens with zero attached hydrogens (tertiary/aromatic N) is 2. The van der Waals surface area contributed by atoms with Gasteiger partial charge in [0.2, 0.25) is 5.91 Å². The maximum atomic E-state index is 12.2. The van der Waals surface area contributed by atoms with Crippen LogP contribution in [0.1, 0.15) is 10.4 Å². The topological polar surface area (TPSA) is 56.1 Å². The highest BCUT2D eigenvalue weighted by Crippen LogP contribution is 2.25. The quantitative estimate of drug-likeness (QED) is 0.596. The Hall–Kier alpha value is -1.96. The molecular weight excluding hydrogens is 390 g/mol. The Kier molecular flexibility index (Phi) is 6.60. The summed E-state index contributed by atoms with van der Waals surface area (Å²) in [4.78, 5) is 13.3. The first-order valence-corrected chi connectivity index (χ1v) is 10.3. The van der Waals surface area contributed by atoms with Crippen molar-refractivity contribution in [1.29, 1.82) is 0 Å². The second kappa shape index (κ2) is 9.12. The number of hydrogen-bond acceptors (Lipinski definition) is 5. The van der Waals surface area contributed by atoms with Crippen LogP contribution in [0.5, 0.6) is 5.75 Å². The van der Waals surface area contributed by atoms with Crippen molar-refractivity contribution in [3.05, 3.63) is 63.4 Å². The maximum Gasteiger partial charge on any atom is 0.235 e. The van der Waals surface area contributed by atoms with E-state index in [9.17, 15) is 4.79 Å². The number of carbonyl (C=O) groups is 1. The van der Waals surface area contributed by atoms with E-state index < -0.39 is 0 Å². The van der Waals surface area contributed by atoms with Gasteiger partial charge in [0.05, 0.1) is 29.9 Å².